The maximum atomic E-state index is 3.53. The first kappa shape index (κ1) is 15.0. The Kier molecular flexibility index (Phi) is 6.14. The molecule has 0 fully saturated rings. The number of rotatable bonds is 6. The molecule has 0 aliphatic rings. The summed E-state index contributed by atoms with van der Waals surface area (Å²) in [5.41, 5.74) is 4.09. The highest BCUT2D eigenvalue weighted by Crippen LogP contribution is 2.14. The van der Waals surface area contributed by atoms with Crippen molar-refractivity contribution in [2.24, 2.45) is 11.8 Å². The first-order valence-electron chi connectivity index (χ1n) is 6.97. The smallest absolute Gasteiger partial charge is 0.0170 e. The molecular weight excluding hydrogens is 218 g/mol. The summed E-state index contributed by atoms with van der Waals surface area (Å²) in [6.45, 7) is 13.2. The fourth-order valence-electron chi connectivity index (χ4n) is 1.80. The van der Waals surface area contributed by atoms with E-state index < -0.39 is 0 Å². The Bertz CT molecular complexity index is 371. The van der Waals surface area contributed by atoms with Gasteiger partial charge in [0.05, 0.1) is 0 Å². The van der Waals surface area contributed by atoms with Gasteiger partial charge in [-0.15, -0.1) is 0 Å². The van der Waals surface area contributed by atoms with Gasteiger partial charge in [-0.2, -0.15) is 0 Å². The summed E-state index contributed by atoms with van der Waals surface area (Å²) in [4.78, 5) is 0. The Morgan fingerprint density at radius 2 is 1.72 bits per heavy atom. The Morgan fingerprint density at radius 1 is 1.11 bits per heavy atom. The number of benzene rings is 1. The molecule has 0 bridgehead atoms. The standard InChI is InChI=1S/C17H27N/c1-13(2)11-18-12-17(14(3)4)10-16-8-6-15(5)7-9-16/h6-10,13-14,18H,11-12H2,1-5H3. The maximum absolute atomic E-state index is 3.53. The van der Waals surface area contributed by atoms with Gasteiger partial charge in [-0.1, -0.05) is 69.2 Å². The van der Waals surface area contributed by atoms with Crippen LogP contribution in [0.25, 0.3) is 6.08 Å². The van der Waals surface area contributed by atoms with E-state index in [-0.39, 0.29) is 0 Å². The number of nitrogens with one attached hydrogen (secondary N) is 1. The lowest BCUT2D eigenvalue weighted by atomic mass is 9.99. The van der Waals surface area contributed by atoms with Crippen LogP contribution >= 0.6 is 0 Å². The van der Waals surface area contributed by atoms with E-state index in [1.165, 1.54) is 16.7 Å². The molecule has 0 unspecified atom stereocenters. The van der Waals surface area contributed by atoms with Gasteiger partial charge in [0.2, 0.25) is 0 Å². The second-order valence-electron chi connectivity index (χ2n) is 5.81. The Morgan fingerprint density at radius 3 is 2.22 bits per heavy atom. The van der Waals surface area contributed by atoms with Crippen LogP contribution in [-0.4, -0.2) is 13.1 Å². The number of hydrogen-bond acceptors (Lipinski definition) is 1. The largest absolute Gasteiger partial charge is 0.313 e. The van der Waals surface area contributed by atoms with Crippen LogP contribution < -0.4 is 5.32 Å². The third-order valence-corrected chi connectivity index (χ3v) is 3.05. The summed E-state index contributed by atoms with van der Waals surface area (Å²) in [6.07, 6.45) is 2.32. The molecule has 0 heterocycles. The van der Waals surface area contributed by atoms with Gasteiger partial charge in [0.1, 0.15) is 0 Å². The Hall–Kier alpha value is -1.08. The molecule has 1 N–H and O–H groups in total. The molecule has 1 nitrogen and oxygen atoms in total. The highest BCUT2D eigenvalue weighted by atomic mass is 14.9. The second-order valence-corrected chi connectivity index (χ2v) is 5.81. The SMILES string of the molecule is Cc1ccc(C=C(CNCC(C)C)C(C)C)cc1. The highest BCUT2D eigenvalue weighted by molar-refractivity contribution is 5.54. The Balaban J connectivity index is 2.68. The van der Waals surface area contributed by atoms with Gasteiger partial charge >= 0.3 is 0 Å². The number of aryl methyl sites for hydroxylation is 1. The van der Waals surface area contributed by atoms with Crippen molar-refractivity contribution in [1.82, 2.24) is 5.32 Å². The first-order valence-corrected chi connectivity index (χ1v) is 6.97. The summed E-state index contributed by atoms with van der Waals surface area (Å²) in [6, 6.07) is 8.73. The molecule has 1 aromatic rings. The van der Waals surface area contributed by atoms with Crippen LogP contribution in [0.15, 0.2) is 29.8 Å². The highest BCUT2D eigenvalue weighted by Gasteiger charge is 2.04. The van der Waals surface area contributed by atoms with Crippen molar-refractivity contribution in [2.45, 2.75) is 34.6 Å². The molecule has 100 valence electrons. The summed E-state index contributed by atoms with van der Waals surface area (Å²) in [5.74, 6) is 1.30. The predicted molar refractivity (Wildman–Crippen MR) is 81.7 cm³/mol. The van der Waals surface area contributed by atoms with E-state index >= 15 is 0 Å². The third kappa shape index (κ3) is 5.50. The maximum Gasteiger partial charge on any atom is 0.0170 e. The van der Waals surface area contributed by atoms with Crippen molar-refractivity contribution in [3.8, 4) is 0 Å². The minimum Gasteiger partial charge on any atom is -0.313 e. The lowest BCUT2D eigenvalue weighted by Gasteiger charge is -2.14. The monoisotopic (exact) mass is 245 g/mol. The minimum absolute atomic E-state index is 0.589. The molecule has 0 saturated heterocycles. The van der Waals surface area contributed by atoms with Gasteiger partial charge in [-0.25, -0.2) is 0 Å². The topological polar surface area (TPSA) is 12.0 Å². The molecule has 18 heavy (non-hydrogen) atoms. The van der Waals surface area contributed by atoms with Gasteiger partial charge in [0.25, 0.3) is 0 Å². The van der Waals surface area contributed by atoms with E-state index in [0.717, 1.165) is 13.1 Å². The van der Waals surface area contributed by atoms with Crippen LogP contribution in [-0.2, 0) is 0 Å². The van der Waals surface area contributed by atoms with Crippen LogP contribution in [0.5, 0.6) is 0 Å². The lowest BCUT2D eigenvalue weighted by Crippen LogP contribution is -2.23. The molecule has 0 saturated carbocycles. The van der Waals surface area contributed by atoms with Crippen LogP contribution in [0.1, 0.15) is 38.8 Å². The van der Waals surface area contributed by atoms with Crippen LogP contribution in [0.2, 0.25) is 0 Å². The van der Waals surface area contributed by atoms with Gasteiger partial charge in [0, 0.05) is 6.54 Å². The normalized spacial score (nSPS) is 12.5. The van der Waals surface area contributed by atoms with Crippen molar-refractivity contribution in [2.75, 3.05) is 13.1 Å². The Labute approximate surface area is 112 Å². The lowest BCUT2D eigenvalue weighted by molar-refractivity contribution is 0.558. The zero-order valence-corrected chi connectivity index (χ0v) is 12.5. The van der Waals surface area contributed by atoms with Crippen LogP contribution in [0.3, 0.4) is 0 Å². The van der Waals surface area contributed by atoms with Gasteiger partial charge in [0.15, 0.2) is 0 Å². The summed E-state index contributed by atoms with van der Waals surface area (Å²) >= 11 is 0. The van der Waals surface area contributed by atoms with Gasteiger partial charge in [-0.3, -0.25) is 0 Å². The van der Waals surface area contributed by atoms with Crippen molar-refractivity contribution in [3.63, 3.8) is 0 Å². The van der Waals surface area contributed by atoms with Gasteiger partial charge < -0.3 is 5.32 Å². The van der Waals surface area contributed by atoms with Crippen molar-refractivity contribution < 1.29 is 0 Å². The summed E-state index contributed by atoms with van der Waals surface area (Å²) in [7, 11) is 0. The van der Waals surface area contributed by atoms with Crippen LogP contribution in [0, 0.1) is 18.8 Å². The molecular formula is C17H27N. The molecule has 0 aromatic heterocycles. The molecule has 0 atom stereocenters. The van der Waals surface area contributed by atoms with E-state index in [1.807, 2.05) is 0 Å². The number of hydrogen-bond donors (Lipinski definition) is 1. The molecule has 0 aliphatic carbocycles. The molecule has 0 spiro atoms. The fraction of sp³-hybridized carbons (Fsp3) is 0.529. The molecule has 0 amide bonds. The fourth-order valence-corrected chi connectivity index (χ4v) is 1.80. The van der Waals surface area contributed by atoms with Gasteiger partial charge in [-0.05, 0) is 30.9 Å². The molecule has 0 aliphatic heterocycles. The summed E-state index contributed by atoms with van der Waals surface area (Å²) in [5, 5.41) is 3.53. The van der Waals surface area contributed by atoms with Crippen molar-refractivity contribution >= 4 is 6.08 Å². The molecule has 1 aromatic carbocycles. The molecule has 1 rings (SSSR count). The van der Waals surface area contributed by atoms with E-state index in [0.29, 0.717) is 11.8 Å². The van der Waals surface area contributed by atoms with E-state index in [4.69, 9.17) is 0 Å². The zero-order valence-electron chi connectivity index (χ0n) is 12.5. The predicted octanol–water partition coefficient (Wildman–Crippen LogP) is 4.28. The van der Waals surface area contributed by atoms with E-state index in [1.54, 1.807) is 0 Å². The van der Waals surface area contributed by atoms with E-state index in [2.05, 4.69) is 70.3 Å². The molecule has 1 heteroatoms. The average molecular weight is 245 g/mol. The first-order chi connectivity index (χ1) is 8.49. The van der Waals surface area contributed by atoms with Crippen LogP contribution in [0.4, 0.5) is 0 Å². The second kappa shape index (κ2) is 7.38. The third-order valence-electron chi connectivity index (χ3n) is 3.05. The zero-order chi connectivity index (χ0) is 13.5. The van der Waals surface area contributed by atoms with Crippen molar-refractivity contribution in [1.29, 1.82) is 0 Å². The average Bonchev–Trinajstić information content (AvgIpc) is 2.30. The van der Waals surface area contributed by atoms with E-state index in [9.17, 15) is 0 Å². The quantitative estimate of drug-likeness (QED) is 0.789. The van der Waals surface area contributed by atoms with Crippen molar-refractivity contribution in [3.05, 3.63) is 41.0 Å². The molecule has 0 radical (unpaired) electrons. The summed E-state index contributed by atoms with van der Waals surface area (Å²) < 4.78 is 0. The minimum atomic E-state index is 0.589.